The standard InChI is InChI=1S/C20H22N2O2/c1-15-9-11-17(14-18(15)22-13-5-8-20(22)24)21-19(23)12-10-16-6-3-2-4-7-16/h2-4,6-7,9,11,14H,5,8,10,12-13H2,1H3,(H,21,23). The Balaban J connectivity index is 1.64. The Kier molecular flexibility index (Phi) is 4.94. The molecular formula is C20H22N2O2. The average molecular weight is 322 g/mol. The summed E-state index contributed by atoms with van der Waals surface area (Å²) < 4.78 is 0. The van der Waals surface area contributed by atoms with Crippen LogP contribution >= 0.6 is 0 Å². The van der Waals surface area contributed by atoms with E-state index in [1.807, 2.05) is 60.4 Å². The number of carbonyl (C=O) groups excluding carboxylic acids is 2. The van der Waals surface area contributed by atoms with E-state index in [2.05, 4.69) is 5.32 Å². The number of amides is 2. The van der Waals surface area contributed by atoms with E-state index in [-0.39, 0.29) is 11.8 Å². The molecule has 0 unspecified atom stereocenters. The number of carbonyl (C=O) groups is 2. The van der Waals surface area contributed by atoms with Crippen LogP contribution in [0.1, 0.15) is 30.4 Å². The van der Waals surface area contributed by atoms with Crippen LogP contribution in [-0.2, 0) is 16.0 Å². The van der Waals surface area contributed by atoms with E-state index in [1.165, 1.54) is 0 Å². The highest BCUT2D eigenvalue weighted by Gasteiger charge is 2.23. The molecule has 1 aliphatic rings. The third kappa shape index (κ3) is 3.82. The molecule has 2 aromatic rings. The SMILES string of the molecule is Cc1ccc(NC(=O)CCc2ccccc2)cc1N1CCCC1=O. The summed E-state index contributed by atoms with van der Waals surface area (Å²) >= 11 is 0. The van der Waals surface area contributed by atoms with Crippen molar-refractivity contribution in [3.63, 3.8) is 0 Å². The summed E-state index contributed by atoms with van der Waals surface area (Å²) in [5.41, 5.74) is 3.85. The summed E-state index contributed by atoms with van der Waals surface area (Å²) in [6, 6.07) is 15.7. The lowest BCUT2D eigenvalue weighted by Crippen LogP contribution is -2.24. The van der Waals surface area contributed by atoms with Gasteiger partial charge in [0.2, 0.25) is 11.8 Å². The van der Waals surface area contributed by atoms with E-state index < -0.39 is 0 Å². The van der Waals surface area contributed by atoms with Crippen molar-refractivity contribution in [3.8, 4) is 0 Å². The molecule has 1 saturated heterocycles. The molecule has 2 aromatic carbocycles. The molecule has 0 aliphatic carbocycles. The summed E-state index contributed by atoms with van der Waals surface area (Å²) in [6.45, 7) is 2.74. The number of nitrogens with zero attached hydrogens (tertiary/aromatic N) is 1. The number of hydrogen-bond acceptors (Lipinski definition) is 2. The van der Waals surface area contributed by atoms with Crippen molar-refractivity contribution >= 4 is 23.2 Å². The van der Waals surface area contributed by atoms with Gasteiger partial charge in [-0.1, -0.05) is 36.4 Å². The van der Waals surface area contributed by atoms with Crippen LogP contribution < -0.4 is 10.2 Å². The van der Waals surface area contributed by atoms with E-state index in [0.29, 0.717) is 12.8 Å². The highest BCUT2D eigenvalue weighted by Crippen LogP contribution is 2.28. The molecule has 4 heteroatoms. The molecule has 3 rings (SSSR count). The zero-order chi connectivity index (χ0) is 16.9. The third-order valence-electron chi connectivity index (χ3n) is 4.34. The number of aryl methyl sites for hydroxylation is 2. The molecular weight excluding hydrogens is 300 g/mol. The van der Waals surface area contributed by atoms with E-state index >= 15 is 0 Å². The molecule has 0 spiro atoms. The van der Waals surface area contributed by atoms with Crippen LogP contribution in [0.15, 0.2) is 48.5 Å². The fourth-order valence-electron chi connectivity index (χ4n) is 3.01. The first-order valence-corrected chi connectivity index (χ1v) is 8.38. The first-order chi connectivity index (χ1) is 11.6. The molecule has 1 N–H and O–H groups in total. The van der Waals surface area contributed by atoms with Gasteiger partial charge in [0.15, 0.2) is 0 Å². The summed E-state index contributed by atoms with van der Waals surface area (Å²) in [4.78, 5) is 25.9. The third-order valence-corrected chi connectivity index (χ3v) is 4.34. The Labute approximate surface area is 142 Å². The lowest BCUT2D eigenvalue weighted by atomic mass is 10.1. The number of hydrogen-bond donors (Lipinski definition) is 1. The van der Waals surface area contributed by atoms with Gasteiger partial charge in [0.25, 0.3) is 0 Å². The normalized spacial score (nSPS) is 14.0. The largest absolute Gasteiger partial charge is 0.326 e. The Hall–Kier alpha value is -2.62. The number of rotatable bonds is 5. The first-order valence-electron chi connectivity index (χ1n) is 8.38. The second-order valence-corrected chi connectivity index (χ2v) is 6.18. The van der Waals surface area contributed by atoms with Crippen molar-refractivity contribution in [2.75, 3.05) is 16.8 Å². The monoisotopic (exact) mass is 322 g/mol. The van der Waals surface area contributed by atoms with Crippen LogP contribution in [0.3, 0.4) is 0 Å². The summed E-state index contributed by atoms with van der Waals surface area (Å²) in [5.74, 6) is 0.145. The fraction of sp³-hybridized carbons (Fsp3) is 0.300. The molecule has 0 saturated carbocycles. The molecule has 24 heavy (non-hydrogen) atoms. The summed E-state index contributed by atoms with van der Waals surface area (Å²) in [5, 5.41) is 2.94. The molecule has 0 radical (unpaired) electrons. The molecule has 1 heterocycles. The van der Waals surface area contributed by atoms with Gasteiger partial charge in [0.1, 0.15) is 0 Å². The van der Waals surface area contributed by atoms with Gasteiger partial charge in [-0.2, -0.15) is 0 Å². The minimum atomic E-state index is -0.0126. The average Bonchev–Trinajstić information content (AvgIpc) is 3.01. The predicted octanol–water partition coefficient (Wildman–Crippen LogP) is 3.69. The van der Waals surface area contributed by atoms with Crippen molar-refractivity contribution < 1.29 is 9.59 Å². The lowest BCUT2D eigenvalue weighted by molar-refractivity contribution is -0.117. The van der Waals surface area contributed by atoms with Crippen LogP contribution in [-0.4, -0.2) is 18.4 Å². The van der Waals surface area contributed by atoms with Gasteiger partial charge in [0, 0.05) is 30.8 Å². The van der Waals surface area contributed by atoms with Crippen LogP contribution in [0.25, 0.3) is 0 Å². The van der Waals surface area contributed by atoms with E-state index in [1.54, 1.807) is 0 Å². The highest BCUT2D eigenvalue weighted by atomic mass is 16.2. The lowest BCUT2D eigenvalue weighted by Gasteiger charge is -2.19. The van der Waals surface area contributed by atoms with Crippen LogP contribution in [0.2, 0.25) is 0 Å². The first kappa shape index (κ1) is 16.2. The Bertz CT molecular complexity index is 741. The molecule has 0 aromatic heterocycles. The quantitative estimate of drug-likeness (QED) is 0.912. The molecule has 124 valence electrons. The van der Waals surface area contributed by atoms with Gasteiger partial charge in [-0.05, 0) is 43.0 Å². The summed E-state index contributed by atoms with van der Waals surface area (Å²) in [6.07, 6.45) is 2.66. The molecule has 1 aliphatic heterocycles. The Morgan fingerprint density at radius 2 is 1.96 bits per heavy atom. The van der Waals surface area contributed by atoms with Crippen molar-refractivity contribution in [3.05, 3.63) is 59.7 Å². The second-order valence-electron chi connectivity index (χ2n) is 6.18. The molecule has 0 bridgehead atoms. The Morgan fingerprint density at radius 1 is 1.17 bits per heavy atom. The van der Waals surface area contributed by atoms with Crippen LogP contribution in [0, 0.1) is 6.92 Å². The van der Waals surface area contributed by atoms with Crippen LogP contribution in [0.5, 0.6) is 0 Å². The second kappa shape index (κ2) is 7.30. The van der Waals surface area contributed by atoms with Crippen molar-refractivity contribution in [1.82, 2.24) is 0 Å². The van der Waals surface area contributed by atoms with Gasteiger partial charge in [-0.15, -0.1) is 0 Å². The minimum absolute atomic E-state index is 0.0126. The van der Waals surface area contributed by atoms with Gasteiger partial charge in [-0.3, -0.25) is 9.59 Å². The highest BCUT2D eigenvalue weighted by molar-refractivity contribution is 5.97. The van der Waals surface area contributed by atoms with Crippen molar-refractivity contribution in [2.24, 2.45) is 0 Å². The zero-order valence-corrected chi connectivity index (χ0v) is 13.9. The van der Waals surface area contributed by atoms with Gasteiger partial charge in [-0.25, -0.2) is 0 Å². The Morgan fingerprint density at radius 3 is 2.67 bits per heavy atom. The van der Waals surface area contributed by atoms with E-state index in [4.69, 9.17) is 0 Å². The van der Waals surface area contributed by atoms with Gasteiger partial charge < -0.3 is 10.2 Å². The number of anilines is 2. The van der Waals surface area contributed by atoms with Gasteiger partial charge >= 0.3 is 0 Å². The maximum Gasteiger partial charge on any atom is 0.227 e. The molecule has 2 amide bonds. The van der Waals surface area contributed by atoms with Crippen molar-refractivity contribution in [1.29, 1.82) is 0 Å². The minimum Gasteiger partial charge on any atom is -0.326 e. The van der Waals surface area contributed by atoms with E-state index in [0.717, 1.165) is 41.9 Å². The fourth-order valence-corrected chi connectivity index (χ4v) is 3.01. The topological polar surface area (TPSA) is 49.4 Å². The summed E-state index contributed by atoms with van der Waals surface area (Å²) in [7, 11) is 0. The molecule has 1 fully saturated rings. The predicted molar refractivity (Wildman–Crippen MR) is 96.2 cm³/mol. The zero-order valence-electron chi connectivity index (χ0n) is 13.9. The number of nitrogens with one attached hydrogen (secondary N) is 1. The van der Waals surface area contributed by atoms with E-state index in [9.17, 15) is 9.59 Å². The van der Waals surface area contributed by atoms with Crippen molar-refractivity contribution in [2.45, 2.75) is 32.6 Å². The smallest absolute Gasteiger partial charge is 0.227 e. The maximum atomic E-state index is 12.2. The maximum absolute atomic E-state index is 12.2. The molecule has 0 atom stereocenters. The number of benzene rings is 2. The van der Waals surface area contributed by atoms with Crippen LogP contribution in [0.4, 0.5) is 11.4 Å². The molecule has 4 nitrogen and oxygen atoms in total. The van der Waals surface area contributed by atoms with Gasteiger partial charge in [0.05, 0.1) is 0 Å².